The molecule has 0 spiro atoms. The number of hydrogen-bond donors (Lipinski definition) is 2. The molecule has 0 radical (unpaired) electrons. The Kier molecular flexibility index (Phi) is 5.62. The number of aliphatic carboxylic acids is 1. The molecule has 3 aromatic carbocycles. The van der Waals surface area contributed by atoms with Crippen molar-refractivity contribution in [2.24, 2.45) is 5.10 Å². The summed E-state index contributed by atoms with van der Waals surface area (Å²) in [5.41, 5.74) is 7.12. The minimum Gasteiger partial charge on any atom is -0.494 e. The van der Waals surface area contributed by atoms with Crippen molar-refractivity contribution in [1.29, 1.82) is 0 Å². The van der Waals surface area contributed by atoms with Crippen molar-refractivity contribution in [3.63, 3.8) is 0 Å². The molecule has 0 aromatic heterocycles. The fourth-order valence-corrected chi connectivity index (χ4v) is 3.47. The largest absolute Gasteiger partial charge is 0.494 e. The molecule has 0 saturated heterocycles. The lowest BCUT2D eigenvalue weighted by Crippen LogP contribution is -2.19. The number of hydrogen-bond acceptors (Lipinski definition) is 5. The van der Waals surface area contributed by atoms with Gasteiger partial charge in [-0.1, -0.05) is 48.5 Å². The highest BCUT2D eigenvalue weighted by molar-refractivity contribution is 6.24. The summed E-state index contributed by atoms with van der Waals surface area (Å²) in [6.45, 7) is 2.39. The highest BCUT2D eigenvalue weighted by Gasteiger charge is 2.24. The van der Waals surface area contributed by atoms with Gasteiger partial charge in [0.1, 0.15) is 11.4 Å². The van der Waals surface area contributed by atoms with Gasteiger partial charge in [0.05, 0.1) is 12.3 Å². The number of carboxylic acid groups (broad SMARTS) is 1. The lowest BCUT2D eigenvalue weighted by Gasteiger charge is -2.06. The average Bonchev–Trinajstić information content (AvgIpc) is 3.11. The van der Waals surface area contributed by atoms with Crippen LogP contribution in [-0.2, 0) is 4.79 Å². The molecule has 0 bridgehead atoms. The molecule has 4 rings (SSSR count). The van der Waals surface area contributed by atoms with Crippen LogP contribution in [0.15, 0.2) is 89.7 Å². The molecule has 0 heterocycles. The number of carbonyl (C=O) groups excluding carboxylic acids is 1. The lowest BCUT2D eigenvalue weighted by atomic mass is 10.1. The maximum absolute atomic E-state index is 12.6. The second-order valence-electron chi connectivity index (χ2n) is 6.85. The van der Waals surface area contributed by atoms with Gasteiger partial charge in [0, 0.05) is 22.8 Å². The Bertz CT molecular complexity index is 1160. The van der Waals surface area contributed by atoms with Gasteiger partial charge in [-0.2, -0.15) is 5.10 Å². The normalized spacial score (nSPS) is 12.0. The summed E-state index contributed by atoms with van der Waals surface area (Å²) in [6, 6.07) is 22.1. The zero-order valence-corrected chi connectivity index (χ0v) is 16.8. The van der Waals surface area contributed by atoms with Gasteiger partial charge in [0.15, 0.2) is 5.78 Å². The standard InChI is InChI=1S/C25H20N2O4/c1-2-31-17-13-11-16(12-14-17)23(28)15-22(25(29)30)26-27-24-20-9-5-3-7-18(20)19-8-4-6-10-21(19)24/h3-15,26H,2H2,1H3,(H,29,30). The van der Waals surface area contributed by atoms with Crippen molar-refractivity contribution >= 4 is 17.5 Å². The molecule has 6 heteroatoms. The minimum absolute atomic E-state index is 0.312. The number of carboxylic acids is 1. The van der Waals surface area contributed by atoms with Crippen LogP contribution in [0.1, 0.15) is 28.4 Å². The van der Waals surface area contributed by atoms with Crippen molar-refractivity contribution < 1.29 is 19.4 Å². The SMILES string of the molecule is CCOc1ccc(C(=O)C=C(NN=C2c3ccccc3-c3ccccc32)C(=O)O)cc1. The van der Waals surface area contributed by atoms with Gasteiger partial charge in [-0.05, 0) is 42.3 Å². The van der Waals surface area contributed by atoms with E-state index in [4.69, 9.17) is 4.74 Å². The molecule has 0 atom stereocenters. The first-order valence-electron chi connectivity index (χ1n) is 9.83. The van der Waals surface area contributed by atoms with Gasteiger partial charge in [-0.3, -0.25) is 10.2 Å². The minimum atomic E-state index is -1.27. The molecule has 3 aromatic rings. The monoisotopic (exact) mass is 412 g/mol. The fraction of sp³-hybridized carbons (Fsp3) is 0.0800. The summed E-state index contributed by atoms with van der Waals surface area (Å²) in [5, 5.41) is 13.9. The van der Waals surface area contributed by atoms with Gasteiger partial charge in [-0.15, -0.1) is 0 Å². The van der Waals surface area contributed by atoms with Crippen LogP contribution in [0.3, 0.4) is 0 Å². The predicted molar refractivity (Wildman–Crippen MR) is 118 cm³/mol. The van der Waals surface area contributed by atoms with Crippen LogP contribution in [0.4, 0.5) is 0 Å². The van der Waals surface area contributed by atoms with E-state index in [1.807, 2.05) is 55.5 Å². The number of hydrazone groups is 1. The summed E-state index contributed by atoms with van der Waals surface area (Å²) >= 11 is 0. The third-order valence-electron chi connectivity index (χ3n) is 4.90. The average molecular weight is 412 g/mol. The Morgan fingerprint density at radius 2 is 1.45 bits per heavy atom. The molecule has 0 fully saturated rings. The van der Waals surface area contributed by atoms with E-state index < -0.39 is 11.8 Å². The zero-order chi connectivity index (χ0) is 21.8. The molecule has 154 valence electrons. The van der Waals surface area contributed by atoms with Crippen LogP contribution < -0.4 is 10.2 Å². The smallest absolute Gasteiger partial charge is 0.353 e. The molecule has 2 N–H and O–H groups in total. The van der Waals surface area contributed by atoms with Crippen LogP contribution in [0.25, 0.3) is 11.1 Å². The van der Waals surface area contributed by atoms with Gasteiger partial charge >= 0.3 is 5.97 Å². The summed E-state index contributed by atoms with van der Waals surface area (Å²) < 4.78 is 5.36. The predicted octanol–water partition coefficient (Wildman–Crippen LogP) is 4.26. The maximum atomic E-state index is 12.6. The summed E-state index contributed by atoms with van der Waals surface area (Å²) in [7, 11) is 0. The first kappa shape index (κ1) is 20.1. The quantitative estimate of drug-likeness (QED) is 0.269. The molecule has 0 amide bonds. The Hall–Kier alpha value is -4.19. The highest BCUT2D eigenvalue weighted by atomic mass is 16.5. The Balaban J connectivity index is 1.63. The van der Waals surface area contributed by atoms with E-state index in [-0.39, 0.29) is 5.70 Å². The van der Waals surface area contributed by atoms with Crippen LogP contribution in [0.5, 0.6) is 5.75 Å². The topological polar surface area (TPSA) is 88.0 Å². The van der Waals surface area contributed by atoms with Crippen molar-refractivity contribution in [3.05, 3.63) is 101 Å². The first-order chi connectivity index (χ1) is 15.1. The maximum Gasteiger partial charge on any atom is 0.353 e. The molecular weight excluding hydrogens is 392 g/mol. The van der Waals surface area contributed by atoms with E-state index in [9.17, 15) is 14.7 Å². The number of ether oxygens (including phenoxy) is 1. The fourth-order valence-electron chi connectivity index (χ4n) is 3.47. The molecule has 0 unspecified atom stereocenters. The second kappa shape index (κ2) is 8.67. The number of ketones is 1. The van der Waals surface area contributed by atoms with E-state index in [0.29, 0.717) is 23.6 Å². The molecule has 6 nitrogen and oxygen atoms in total. The lowest BCUT2D eigenvalue weighted by molar-refractivity contribution is -0.133. The summed E-state index contributed by atoms with van der Waals surface area (Å²) in [5.74, 6) is -1.08. The Morgan fingerprint density at radius 1 is 0.903 bits per heavy atom. The number of fused-ring (bicyclic) bond motifs is 3. The van der Waals surface area contributed by atoms with E-state index in [2.05, 4.69) is 10.5 Å². The van der Waals surface area contributed by atoms with E-state index in [0.717, 1.165) is 28.3 Å². The van der Waals surface area contributed by atoms with Gasteiger partial charge in [-0.25, -0.2) is 4.79 Å². The number of nitrogens with zero attached hydrogens (tertiary/aromatic N) is 1. The summed E-state index contributed by atoms with van der Waals surface area (Å²) in [4.78, 5) is 24.3. The van der Waals surface area contributed by atoms with Crippen LogP contribution in [0.2, 0.25) is 0 Å². The molecule has 1 aliphatic carbocycles. The van der Waals surface area contributed by atoms with Gasteiger partial charge in [0.25, 0.3) is 0 Å². The third-order valence-corrected chi connectivity index (χ3v) is 4.90. The molecule has 0 aliphatic heterocycles. The van der Waals surface area contributed by atoms with Crippen LogP contribution in [0, 0.1) is 0 Å². The van der Waals surface area contributed by atoms with Crippen molar-refractivity contribution in [2.45, 2.75) is 6.92 Å². The highest BCUT2D eigenvalue weighted by Crippen LogP contribution is 2.36. The van der Waals surface area contributed by atoms with Crippen LogP contribution >= 0.6 is 0 Å². The van der Waals surface area contributed by atoms with E-state index in [1.165, 1.54) is 0 Å². The number of allylic oxidation sites excluding steroid dienone is 1. The molecule has 0 saturated carbocycles. The zero-order valence-electron chi connectivity index (χ0n) is 16.8. The van der Waals surface area contributed by atoms with Crippen molar-refractivity contribution in [3.8, 4) is 16.9 Å². The molecule has 31 heavy (non-hydrogen) atoms. The number of rotatable bonds is 7. The summed E-state index contributed by atoms with van der Waals surface area (Å²) in [6.07, 6.45) is 1.04. The molecular formula is C25H20N2O4. The van der Waals surface area contributed by atoms with Crippen LogP contribution in [-0.4, -0.2) is 29.2 Å². The van der Waals surface area contributed by atoms with Crippen molar-refractivity contribution in [2.75, 3.05) is 6.61 Å². The first-order valence-corrected chi connectivity index (χ1v) is 9.83. The van der Waals surface area contributed by atoms with Gasteiger partial charge < -0.3 is 9.84 Å². The van der Waals surface area contributed by atoms with E-state index in [1.54, 1.807) is 24.3 Å². The Labute approximate surface area is 179 Å². The number of carbonyl (C=O) groups is 2. The second-order valence-corrected chi connectivity index (χ2v) is 6.85. The number of nitrogens with one attached hydrogen (secondary N) is 1. The van der Waals surface area contributed by atoms with E-state index >= 15 is 0 Å². The third kappa shape index (κ3) is 4.09. The molecule has 1 aliphatic rings. The Morgan fingerprint density at radius 3 is 1.97 bits per heavy atom. The van der Waals surface area contributed by atoms with Crippen molar-refractivity contribution in [1.82, 2.24) is 5.43 Å². The number of benzene rings is 3. The van der Waals surface area contributed by atoms with Gasteiger partial charge in [0.2, 0.25) is 0 Å².